The van der Waals surface area contributed by atoms with Gasteiger partial charge in [0.2, 0.25) is 0 Å². The molecule has 152 valence electrons. The van der Waals surface area contributed by atoms with Crippen LogP contribution in [0.2, 0.25) is 0 Å². The fourth-order valence-electron chi connectivity index (χ4n) is 3.65. The molecular weight excluding hydrogens is 384 g/mol. The Morgan fingerprint density at radius 3 is 2.73 bits per heavy atom. The standard InChI is InChI=1S/C22H20N4O4/c1-28-17-7-4-15(5-8-17)16-6-9-18-21(23-24-26(18)13-16)20-14-25(10-12-30-20)22(27)19-3-2-11-29-19/h2-9,11,13,20H,10,12,14H2,1H3/t20-/m1/s1. The predicted molar refractivity (Wildman–Crippen MR) is 108 cm³/mol. The summed E-state index contributed by atoms with van der Waals surface area (Å²) in [5, 5.41) is 8.62. The largest absolute Gasteiger partial charge is 0.497 e. The van der Waals surface area contributed by atoms with Crippen LogP contribution < -0.4 is 4.74 Å². The Kier molecular flexibility index (Phi) is 4.68. The number of rotatable bonds is 4. The SMILES string of the molecule is COc1ccc(-c2ccc3c([C@H]4CN(C(=O)c5ccco5)CCO4)nnn3c2)cc1. The maximum atomic E-state index is 12.6. The number of aromatic nitrogens is 3. The van der Waals surface area contributed by atoms with Gasteiger partial charge in [0.05, 0.1) is 32.0 Å². The van der Waals surface area contributed by atoms with Crippen LogP contribution in [-0.4, -0.2) is 52.4 Å². The van der Waals surface area contributed by atoms with E-state index in [1.54, 1.807) is 28.7 Å². The highest BCUT2D eigenvalue weighted by Gasteiger charge is 2.30. The molecule has 1 atom stereocenters. The second-order valence-corrected chi connectivity index (χ2v) is 7.04. The molecule has 1 amide bonds. The number of hydrogen-bond donors (Lipinski definition) is 0. The van der Waals surface area contributed by atoms with E-state index in [4.69, 9.17) is 13.9 Å². The quantitative estimate of drug-likeness (QED) is 0.520. The summed E-state index contributed by atoms with van der Waals surface area (Å²) in [6, 6.07) is 15.2. The summed E-state index contributed by atoms with van der Waals surface area (Å²) >= 11 is 0. The van der Waals surface area contributed by atoms with Gasteiger partial charge in [-0.25, -0.2) is 4.52 Å². The van der Waals surface area contributed by atoms with Crippen LogP contribution in [-0.2, 0) is 4.74 Å². The van der Waals surface area contributed by atoms with Gasteiger partial charge >= 0.3 is 0 Å². The summed E-state index contributed by atoms with van der Waals surface area (Å²) < 4.78 is 18.1. The van der Waals surface area contributed by atoms with E-state index in [9.17, 15) is 4.79 Å². The van der Waals surface area contributed by atoms with E-state index in [1.165, 1.54) is 6.26 Å². The summed E-state index contributed by atoms with van der Waals surface area (Å²) in [6.07, 6.45) is 3.09. The number of ether oxygens (including phenoxy) is 2. The van der Waals surface area contributed by atoms with Crippen molar-refractivity contribution in [2.75, 3.05) is 26.8 Å². The Bertz CT molecular complexity index is 1170. The number of furan rings is 1. The molecule has 3 aromatic heterocycles. The third-order valence-corrected chi connectivity index (χ3v) is 5.25. The molecule has 1 saturated heterocycles. The highest BCUT2D eigenvalue weighted by Crippen LogP contribution is 2.28. The molecular formula is C22H20N4O4. The van der Waals surface area contributed by atoms with Crippen molar-refractivity contribution in [1.29, 1.82) is 0 Å². The number of benzene rings is 1. The maximum Gasteiger partial charge on any atom is 0.289 e. The van der Waals surface area contributed by atoms with Gasteiger partial charge in [0.25, 0.3) is 5.91 Å². The van der Waals surface area contributed by atoms with Crippen LogP contribution in [0.25, 0.3) is 16.6 Å². The molecule has 1 fully saturated rings. The van der Waals surface area contributed by atoms with E-state index in [0.29, 0.717) is 31.2 Å². The zero-order valence-electron chi connectivity index (χ0n) is 16.4. The van der Waals surface area contributed by atoms with Gasteiger partial charge in [-0.05, 0) is 35.9 Å². The molecule has 8 nitrogen and oxygen atoms in total. The minimum Gasteiger partial charge on any atom is -0.497 e. The number of nitrogens with zero attached hydrogens (tertiary/aromatic N) is 4. The second kappa shape index (κ2) is 7.64. The molecule has 0 spiro atoms. The fourth-order valence-corrected chi connectivity index (χ4v) is 3.65. The van der Waals surface area contributed by atoms with Gasteiger partial charge in [-0.2, -0.15) is 0 Å². The van der Waals surface area contributed by atoms with E-state index >= 15 is 0 Å². The summed E-state index contributed by atoms with van der Waals surface area (Å²) in [5.41, 5.74) is 3.64. The van der Waals surface area contributed by atoms with Gasteiger partial charge in [-0.1, -0.05) is 23.4 Å². The molecule has 0 N–H and O–H groups in total. The van der Waals surface area contributed by atoms with Gasteiger partial charge in [-0.3, -0.25) is 4.79 Å². The smallest absolute Gasteiger partial charge is 0.289 e. The third-order valence-electron chi connectivity index (χ3n) is 5.25. The van der Waals surface area contributed by atoms with Crippen molar-refractivity contribution in [1.82, 2.24) is 19.7 Å². The molecule has 4 heterocycles. The van der Waals surface area contributed by atoms with E-state index in [1.807, 2.05) is 42.6 Å². The van der Waals surface area contributed by atoms with E-state index in [0.717, 1.165) is 22.4 Å². The highest BCUT2D eigenvalue weighted by molar-refractivity contribution is 5.91. The molecule has 0 aliphatic carbocycles. The fraction of sp³-hybridized carbons (Fsp3) is 0.227. The lowest BCUT2D eigenvalue weighted by Crippen LogP contribution is -2.42. The first-order valence-electron chi connectivity index (χ1n) is 9.67. The number of methoxy groups -OCH3 is 1. The number of carbonyl (C=O) groups is 1. The van der Waals surface area contributed by atoms with Gasteiger partial charge in [0.15, 0.2) is 5.76 Å². The van der Waals surface area contributed by atoms with Crippen molar-refractivity contribution in [3.63, 3.8) is 0 Å². The molecule has 0 saturated carbocycles. The summed E-state index contributed by atoms with van der Waals surface area (Å²) in [5.74, 6) is 0.991. The molecule has 4 aromatic rings. The van der Waals surface area contributed by atoms with Gasteiger partial charge in [0.1, 0.15) is 17.5 Å². The number of carbonyl (C=O) groups excluding carboxylic acids is 1. The zero-order chi connectivity index (χ0) is 20.5. The Balaban J connectivity index is 1.40. The lowest BCUT2D eigenvalue weighted by molar-refractivity contribution is -0.0250. The van der Waals surface area contributed by atoms with Crippen LogP contribution in [0.1, 0.15) is 22.4 Å². The molecule has 8 heteroatoms. The van der Waals surface area contributed by atoms with E-state index in [-0.39, 0.29) is 12.0 Å². The molecule has 0 bridgehead atoms. The first kappa shape index (κ1) is 18.4. The van der Waals surface area contributed by atoms with Crippen molar-refractivity contribution in [3.05, 3.63) is 72.4 Å². The third kappa shape index (κ3) is 3.31. The Hall–Kier alpha value is -3.65. The van der Waals surface area contributed by atoms with Gasteiger partial charge in [-0.15, -0.1) is 5.10 Å². The van der Waals surface area contributed by atoms with Crippen molar-refractivity contribution in [2.24, 2.45) is 0 Å². The van der Waals surface area contributed by atoms with Crippen molar-refractivity contribution in [3.8, 4) is 16.9 Å². The van der Waals surface area contributed by atoms with Crippen LogP contribution in [0.4, 0.5) is 0 Å². The summed E-state index contributed by atoms with van der Waals surface area (Å²) in [6.45, 7) is 1.34. The second-order valence-electron chi connectivity index (χ2n) is 7.04. The number of amides is 1. The zero-order valence-corrected chi connectivity index (χ0v) is 16.4. The number of pyridine rings is 1. The van der Waals surface area contributed by atoms with Crippen LogP contribution in [0.5, 0.6) is 5.75 Å². The normalized spacial score (nSPS) is 16.7. The Morgan fingerprint density at radius 2 is 1.97 bits per heavy atom. The minimum absolute atomic E-state index is 0.147. The number of morpholine rings is 1. The molecule has 0 radical (unpaired) electrons. The van der Waals surface area contributed by atoms with E-state index in [2.05, 4.69) is 10.3 Å². The topological polar surface area (TPSA) is 82.1 Å². The number of hydrogen-bond acceptors (Lipinski definition) is 6. The van der Waals surface area contributed by atoms with E-state index < -0.39 is 0 Å². The number of fused-ring (bicyclic) bond motifs is 1. The minimum atomic E-state index is -0.345. The van der Waals surface area contributed by atoms with Gasteiger partial charge < -0.3 is 18.8 Å². The average Bonchev–Trinajstić information content (AvgIpc) is 3.48. The Labute approximate surface area is 172 Å². The lowest BCUT2D eigenvalue weighted by atomic mass is 10.1. The van der Waals surface area contributed by atoms with Crippen LogP contribution in [0, 0.1) is 0 Å². The van der Waals surface area contributed by atoms with Crippen molar-refractivity contribution >= 4 is 11.4 Å². The molecule has 0 unspecified atom stereocenters. The summed E-state index contributed by atoms with van der Waals surface area (Å²) in [7, 11) is 1.65. The molecule has 1 aliphatic heterocycles. The Morgan fingerprint density at radius 1 is 1.13 bits per heavy atom. The first-order valence-corrected chi connectivity index (χ1v) is 9.67. The lowest BCUT2D eigenvalue weighted by Gasteiger charge is -2.31. The summed E-state index contributed by atoms with van der Waals surface area (Å²) in [4.78, 5) is 14.3. The average molecular weight is 404 g/mol. The predicted octanol–water partition coefficient (Wildman–Crippen LogP) is 3.21. The van der Waals surface area contributed by atoms with Gasteiger partial charge in [0, 0.05) is 18.3 Å². The molecule has 5 rings (SSSR count). The van der Waals surface area contributed by atoms with Crippen LogP contribution in [0.15, 0.2) is 65.4 Å². The van der Waals surface area contributed by atoms with Crippen molar-refractivity contribution < 1.29 is 18.7 Å². The van der Waals surface area contributed by atoms with Crippen LogP contribution >= 0.6 is 0 Å². The first-order chi connectivity index (χ1) is 14.7. The molecule has 30 heavy (non-hydrogen) atoms. The maximum absolute atomic E-state index is 12.6. The monoisotopic (exact) mass is 404 g/mol. The molecule has 1 aromatic carbocycles. The highest BCUT2D eigenvalue weighted by atomic mass is 16.5. The molecule has 1 aliphatic rings. The van der Waals surface area contributed by atoms with Crippen molar-refractivity contribution in [2.45, 2.75) is 6.10 Å². The van der Waals surface area contributed by atoms with Crippen LogP contribution in [0.3, 0.4) is 0 Å².